The number of ether oxygens (including phenoxy) is 1. The number of benzene rings is 1. The maximum atomic E-state index is 12.0. The second-order valence-electron chi connectivity index (χ2n) is 5.46. The van der Waals surface area contributed by atoms with Gasteiger partial charge in [0.1, 0.15) is 5.75 Å². The SMILES string of the molecule is COc1ccc(C)cc1C(N)CN1C(=O)CCCCC1=O. The summed E-state index contributed by atoms with van der Waals surface area (Å²) in [5.41, 5.74) is 8.11. The summed E-state index contributed by atoms with van der Waals surface area (Å²) in [5, 5.41) is 0. The Kier molecular flexibility index (Phi) is 4.96. The number of nitrogens with two attached hydrogens (primary N) is 1. The lowest BCUT2D eigenvalue weighted by atomic mass is 10.0. The minimum atomic E-state index is -0.439. The Hall–Kier alpha value is -1.88. The first kappa shape index (κ1) is 15.5. The van der Waals surface area contributed by atoms with Gasteiger partial charge in [-0.2, -0.15) is 0 Å². The third kappa shape index (κ3) is 3.61. The van der Waals surface area contributed by atoms with Gasteiger partial charge in [-0.3, -0.25) is 14.5 Å². The number of methoxy groups -OCH3 is 1. The Balaban J connectivity index is 2.20. The van der Waals surface area contributed by atoms with Crippen molar-refractivity contribution >= 4 is 11.8 Å². The van der Waals surface area contributed by atoms with Gasteiger partial charge in [-0.05, 0) is 25.8 Å². The van der Waals surface area contributed by atoms with Crippen LogP contribution in [0.4, 0.5) is 0 Å². The Morgan fingerprint density at radius 1 is 1.24 bits per heavy atom. The molecule has 1 aromatic carbocycles. The van der Waals surface area contributed by atoms with E-state index in [-0.39, 0.29) is 18.4 Å². The molecule has 1 saturated heterocycles. The van der Waals surface area contributed by atoms with E-state index in [4.69, 9.17) is 10.5 Å². The normalized spacial score (nSPS) is 17.6. The Morgan fingerprint density at radius 3 is 2.43 bits per heavy atom. The number of hydrogen-bond acceptors (Lipinski definition) is 4. The molecule has 1 aliphatic heterocycles. The van der Waals surface area contributed by atoms with Crippen molar-refractivity contribution in [3.8, 4) is 5.75 Å². The van der Waals surface area contributed by atoms with E-state index < -0.39 is 6.04 Å². The highest BCUT2D eigenvalue weighted by Crippen LogP contribution is 2.26. The highest BCUT2D eigenvalue weighted by atomic mass is 16.5. The number of aryl methyl sites for hydroxylation is 1. The molecule has 114 valence electrons. The molecular formula is C16H22N2O3. The van der Waals surface area contributed by atoms with E-state index in [0.717, 1.165) is 24.0 Å². The largest absolute Gasteiger partial charge is 0.496 e. The van der Waals surface area contributed by atoms with E-state index in [0.29, 0.717) is 18.6 Å². The fourth-order valence-electron chi connectivity index (χ4n) is 2.60. The molecular weight excluding hydrogens is 268 g/mol. The van der Waals surface area contributed by atoms with Crippen LogP contribution in [0.15, 0.2) is 18.2 Å². The van der Waals surface area contributed by atoms with Gasteiger partial charge in [0.05, 0.1) is 13.2 Å². The first-order valence-electron chi connectivity index (χ1n) is 7.26. The lowest BCUT2D eigenvalue weighted by molar-refractivity contribution is -0.144. The number of amides is 2. The molecule has 0 radical (unpaired) electrons. The average molecular weight is 290 g/mol. The minimum Gasteiger partial charge on any atom is -0.496 e. The van der Waals surface area contributed by atoms with E-state index in [1.165, 1.54) is 4.90 Å². The summed E-state index contributed by atoms with van der Waals surface area (Å²) in [5.74, 6) is 0.432. The van der Waals surface area contributed by atoms with Gasteiger partial charge in [0.25, 0.3) is 0 Å². The smallest absolute Gasteiger partial charge is 0.229 e. The maximum absolute atomic E-state index is 12.0. The molecule has 1 aromatic rings. The zero-order valence-corrected chi connectivity index (χ0v) is 12.6. The van der Waals surface area contributed by atoms with Crippen molar-refractivity contribution in [3.05, 3.63) is 29.3 Å². The fourth-order valence-corrected chi connectivity index (χ4v) is 2.60. The van der Waals surface area contributed by atoms with Crippen LogP contribution in [0, 0.1) is 6.92 Å². The molecule has 1 atom stereocenters. The second-order valence-corrected chi connectivity index (χ2v) is 5.46. The number of carbonyl (C=O) groups excluding carboxylic acids is 2. The molecule has 5 nitrogen and oxygen atoms in total. The third-order valence-electron chi connectivity index (χ3n) is 3.80. The van der Waals surface area contributed by atoms with E-state index in [1.54, 1.807) is 7.11 Å². The van der Waals surface area contributed by atoms with Crippen molar-refractivity contribution in [2.24, 2.45) is 5.73 Å². The van der Waals surface area contributed by atoms with Crippen molar-refractivity contribution in [2.45, 2.75) is 38.6 Å². The summed E-state index contributed by atoms with van der Waals surface area (Å²) >= 11 is 0. The molecule has 0 bridgehead atoms. The van der Waals surface area contributed by atoms with Gasteiger partial charge in [-0.15, -0.1) is 0 Å². The molecule has 0 aromatic heterocycles. The summed E-state index contributed by atoms with van der Waals surface area (Å²) < 4.78 is 5.32. The van der Waals surface area contributed by atoms with Crippen LogP contribution in [0.2, 0.25) is 0 Å². The lowest BCUT2D eigenvalue weighted by Crippen LogP contribution is -2.40. The van der Waals surface area contributed by atoms with Crippen LogP contribution in [0.5, 0.6) is 5.75 Å². The van der Waals surface area contributed by atoms with Crippen LogP contribution in [0.3, 0.4) is 0 Å². The number of rotatable bonds is 4. The second kappa shape index (κ2) is 6.72. The van der Waals surface area contributed by atoms with Gasteiger partial charge in [-0.1, -0.05) is 17.7 Å². The molecule has 1 aliphatic rings. The first-order chi connectivity index (χ1) is 10.0. The third-order valence-corrected chi connectivity index (χ3v) is 3.80. The van der Waals surface area contributed by atoms with Gasteiger partial charge in [0.15, 0.2) is 0 Å². The summed E-state index contributed by atoms with van der Waals surface area (Å²) in [6.07, 6.45) is 2.38. The zero-order valence-electron chi connectivity index (χ0n) is 12.6. The number of imide groups is 1. The van der Waals surface area contributed by atoms with Gasteiger partial charge >= 0.3 is 0 Å². The molecule has 1 heterocycles. The van der Waals surface area contributed by atoms with E-state index in [1.807, 2.05) is 25.1 Å². The number of nitrogens with zero attached hydrogens (tertiary/aromatic N) is 1. The topological polar surface area (TPSA) is 72.6 Å². The molecule has 5 heteroatoms. The molecule has 1 fully saturated rings. The van der Waals surface area contributed by atoms with E-state index in [2.05, 4.69) is 0 Å². The summed E-state index contributed by atoms with van der Waals surface area (Å²) in [6.45, 7) is 2.18. The molecule has 0 spiro atoms. The Bertz CT molecular complexity index is 524. The summed E-state index contributed by atoms with van der Waals surface area (Å²) in [4.78, 5) is 25.4. The highest BCUT2D eigenvalue weighted by molar-refractivity contribution is 5.96. The van der Waals surface area contributed by atoms with Gasteiger partial charge in [0, 0.05) is 24.9 Å². The highest BCUT2D eigenvalue weighted by Gasteiger charge is 2.27. The van der Waals surface area contributed by atoms with Crippen LogP contribution in [-0.4, -0.2) is 30.4 Å². The molecule has 2 rings (SSSR count). The van der Waals surface area contributed by atoms with Crippen molar-refractivity contribution in [2.75, 3.05) is 13.7 Å². The Morgan fingerprint density at radius 2 is 1.86 bits per heavy atom. The van der Waals surface area contributed by atoms with Gasteiger partial charge in [-0.25, -0.2) is 0 Å². The van der Waals surface area contributed by atoms with Crippen molar-refractivity contribution < 1.29 is 14.3 Å². The average Bonchev–Trinajstić information content (AvgIpc) is 2.62. The van der Waals surface area contributed by atoms with Crippen molar-refractivity contribution in [1.29, 1.82) is 0 Å². The fraction of sp³-hybridized carbons (Fsp3) is 0.500. The van der Waals surface area contributed by atoms with E-state index >= 15 is 0 Å². The zero-order chi connectivity index (χ0) is 15.4. The van der Waals surface area contributed by atoms with Crippen LogP contribution in [-0.2, 0) is 9.59 Å². The van der Waals surface area contributed by atoms with Crippen LogP contribution in [0.1, 0.15) is 42.9 Å². The predicted molar refractivity (Wildman–Crippen MR) is 79.8 cm³/mol. The summed E-state index contributed by atoms with van der Waals surface area (Å²) in [6, 6.07) is 5.30. The summed E-state index contributed by atoms with van der Waals surface area (Å²) in [7, 11) is 1.59. The molecule has 0 aliphatic carbocycles. The molecule has 21 heavy (non-hydrogen) atoms. The van der Waals surface area contributed by atoms with Crippen LogP contribution >= 0.6 is 0 Å². The quantitative estimate of drug-likeness (QED) is 0.860. The monoisotopic (exact) mass is 290 g/mol. The number of likely N-dealkylation sites (tertiary alicyclic amines) is 1. The molecule has 0 saturated carbocycles. The predicted octanol–water partition coefficient (Wildman–Crippen LogP) is 1.93. The van der Waals surface area contributed by atoms with Crippen LogP contribution < -0.4 is 10.5 Å². The van der Waals surface area contributed by atoms with Crippen molar-refractivity contribution in [3.63, 3.8) is 0 Å². The molecule has 2 N–H and O–H groups in total. The van der Waals surface area contributed by atoms with E-state index in [9.17, 15) is 9.59 Å². The molecule has 1 unspecified atom stereocenters. The first-order valence-corrected chi connectivity index (χ1v) is 7.26. The number of hydrogen-bond donors (Lipinski definition) is 1. The molecule has 2 amide bonds. The maximum Gasteiger partial charge on any atom is 0.229 e. The van der Waals surface area contributed by atoms with Gasteiger partial charge in [0.2, 0.25) is 11.8 Å². The Labute approximate surface area is 125 Å². The van der Waals surface area contributed by atoms with Crippen molar-refractivity contribution in [1.82, 2.24) is 4.90 Å². The van der Waals surface area contributed by atoms with Gasteiger partial charge < -0.3 is 10.5 Å². The minimum absolute atomic E-state index is 0.125. The number of carbonyl (C=O) groups is 2. The van der Waals surface area contributed by atoms with Crippen LogP contribution in [0.25, 0.3) is 0 Å². The standard InChI is InChI=1S/C16H22N2O3/c1-11-7-8-14(21-2)12(9-11)13(17)10-18-15(19)5-3-4-6-16(18)20/h7-9,13H,3-6,10,17H2,1-2H3. The lowest BCUT2D eigenvalue weighted by Gasteiger charge is -2.24.